The lowest BCUT2D eigenvalue weighted by Crippen LogP contribution is -2.25. The Morgan fingerprint density at radius 1 is 1.35 bits per heavy atom. The third-order valence-electron chi connectivity index (χ3n) is 3.20. The summed E-state index contributed by atoms with van der Waals surface area (Å²) in [6.07, 6.45) is 2.87. The van der Waals surface area contributed by atoms with Gasteiger partial charge >= 0.3 is 0 Å². The van der Waals surface area contributed by atoms with Crippen LogP contribution in [0.2, 0.25) is 10.0 Å². The number of amides is 1. The minimum Gasteiger partial charge on any atom is -0.272 e. The number of nitrogens with zero attached hydrogens (tertiary/aromatic N) is 2. The lowest BCUT2D eigenvalue weighted by atomic mass is 10.1. The predicted molar refractivity (Wildman–Crippen MR) is 68.7 cm³/mol. The van der Waals surface area contributed by atoms with Gasteiger partial charge in [-0.3, -0.25) is 4.79 Å². The molecule has 1 atom stereocenters. The summed E-state index contributed by atoms with van der Waals surface area (Å²) in [5.74, 6) is 0.00321. The highest BCUT2D eigenvalue weighted by Gasteiger charge is 2.39. The molecule has 1 aliphatic carbocycles. The fraction of sp³-hybridized carbons (Fsp3) is 0.333. The molecule has 88 valence electrons. The van der Waals surface area contributed by atoms with E-state index in [1.165, 1.54) is 5.01 Å². The van der Waals surface area contributed by atoms with Crippen LogP contribution in [0.15, 0.2) is 23.3 Å². The molecule has 0 radical (unpaired) electrons. The number of carbonyl (C=O) groups excluding carboxylic acids is 1. The van der Waals surface area contributed by atoms with Gasteiger partial charge in [0, 0.05) is 5.02 Å². The first-order valence-corrected chi connectivity index (χ1v) is 6.29. The van der Waals surface area contributed by atoms with Crippen LogP contribution in [0.25, 0.3) is 0 Å². The van der Waals surface area contributed by atoms with E-state index in [1.54, 1.807) is 18.2 Å². The maximum Gasteiger partial charge on any atom is 0.256 e. The van der Waals surface area contributed by atoms with Crippen molar-refractivity contribution in [2.45, 2.75) is 19.3 Å². The zero-order valence-corrected chi connectivity index (χ0v) is 10.5. The zero-order chi connectivity index (χ0) is 12.0. The average molecular weight is 269 g/mol. The average Bonchev–Trinajstić information content (AvgIpc) is 2.83. The molecule has 1 amide bonds. The van der Waals surface area contributed by atoms with Gasteiger partial charge in [-0.25, -0.2) is 0 Å². The maximum absolute atomic E-state index is 12.1. The molecule has 3 nitrogen and oxygen atoms in total. The summed E-state index contributed by atoms with van der Waals surface area (Å²) >= 11 is 11.9. The van der Waals surface area contributed by atoms with Crippen molar-refractivity contribution in [1.29, 1.82) is 0 Å². The number of hydrazone groups is 1. The molecule has 0 aromatic heterocycles. The molecule has 1 aromatic carbocycles. The van der Waals surface area contributed by atoms with E-state index in [2.05, 4.69) is 5.10 Å². The Morgan fingerprint density at radius 3 is 2.88 bits per heavy atom. The molecule has 1 aliphatic heterocycles. The molecule has 0 saturated heterocycles. The highest BCUT2D eigenvalue weighted by atomic mass is 35.5. The second-order valence-electron chi connectivity index (χ2n) is 4.28. The molecule has 17 heavy (non-hydrogen) atoms. The first-order valence-electron chi connectivity index (χ1n) is 5.53. The number of anilines is 1. The summed E-state index contributed by atoms with van der Waals surface area (Å²) in [6.45, 7) is 0. The van der Waals surface area contributed by atoms with Gasteiger partial charge in [-0.1, -0.05) is 23.2 Å². The number of halogens is 2. The van der Waals surface area contributed by atoms with E-state index in [0.29, 0.717) is 15.7 Å². The summed E-state index contributed by atoms with van der Waals surface area (Å²) in [6, 6.07) is 5.07. The lowest BCUT2D eigenvalue weighted by Gasteiger charge is -2.15. The zero-order valence-electron chi connectivity index (χ0n) is 8.99. The van der Waals surface area contributed by atoms with Crippen molar-refractivity contribution in [1.82, 2.24) is 0 Å². The van der Waals surface area contributed by atoms with Gasteiger partial charge < -0.3 is 0 Å². The first kappa shape index (κ1) is 11.1. The van der Waals surface area contributed by atoms with Gasteiger partial charge in [0.05, 0.1) is 22.3 Å². The van der Waals surface area contributed by atoms with Gasteiger partial charge in [0.2, 0.25) is 0 Å². The lowest BCUT2D eigenvalue weighted by molar-refractivity contribution is -0.119. The van der Waals surface area contributed by atoms with Crippen molar-refractivity contribution < 1.29 is 4.79 Å². The van der Waals surface area contributed by atoms with Crippen LogP contribution in [0, 0.1) is 5.92 Å². The first-order chi connectivity index (χ1) is 8.16. The number of benzene rings is 1. The van der Waals surface area contributed by atoms with Gasteiger partial charge in [-0.2, -0.15) is 10.1 Å². The van der Waals surface area contributed by atoms with E-state index in [9.17, 15) is 4.79 Å². The third-order valence-corrected chi connectivity index (χ3v) is 3.74. The molecule has 2 aliphatic rings. The summed E-state index contributed by atoms with van der Waals surface area (Å²) in [5, 5.41) is 6.79. The minimum absolute atomic E-state index is 0.0262. The minimum atomic E-state index is -0.0262. The fourth-order valence-corrected chi connectivity index (χ4v) is 2.85. The highest BCUT2D eigenvalue weighted by Crippen LogP contribution is 2.36. The topological polar surface area (TPSA) is 32.7 Å². The van der Waals surface area contributed by atoms with Crippen molar-refractivity contribution in [2.75, 3.05) is 5.01 Å². The van der Waals surface area contributed by atoms with E-state index in [-0.39, 0.29) is 11.8 Å². The molecule has 1 saturated carbocycles. The molecule has 0 spiro atoms. The van der Waals surface area contributed by atoms with Crippen LogP contribution in [0.5, 0.6) is 0 Å². The molecule has 0 unspecified atom stereocenters. The monoisotopic (exact) mass is 268 g/mol. The Morgan fingerprint density at radius 2 is 2.18 bits per heavy atom. The smallest absolute Gasteiger partial charge is 0.256 e. The number of carbonyl (C=O) groups is 1. The number of hydrogen-bond donors (Lipinski definition) is 0. The van der Waals surface area contributed by atoms with Gasteiger partial charge in [0.1, 0.15) is 0 Å². The van der Waals surface area contributed by atoms with Crippen molar-refractivity contribution in [3.8, 4) is 0 Å². The van der Waals surface area contributed by atoms with E-state index >= 15 is 0 Å². The van der Waals surface area contributed by atoms with E-state index in [1.807, 2.05) is 0 Å². The van der Waals surface area contributed by atoms with E-state index in [4.69, 9.17) is 23.2 Å². The molecule has 1 aromatic rings. The van der Waals surface area contributed by atoms with Crippen molar-refractivity contribution in [3.05, 3.63) is 28.2 Å². The van der Waals surface area contributed by atoms with E-state index < -0.39 is 0 Å². The van der Waals surface area contributed by atoms with Crippen LogP contribution in [0.4, 0.5) is 5.69 Å². The fourth-order valence-electron chi connectivity index (χ4n) is 2.36. The predicted octanol–water partition coefficient (Wildman–Crippen LogP) is 3.50. The Balaban J connectivity index is 2.00. The van der Waals surface area contributed by atoms with Crippen molar-refractivity contribution in [2.24, 2.45) is 11.0 Å². The van der Waals surface area contributed by atoms with Crippen molar-refractivity contribution >= 4 is 40.5 Å². The summed E-state index contributed by atoms with van der Waals surface area (Å²) in [7, 11) is 0. The second-order valence-corrected chi connectivity index (χ2v) is 5.13. The molecule has 1 fully saturated rings. The molecule has 0 bridgehead atoms. The highest BCUT2D eigenvalue weighted by molar-refractivity contribution is 6.37. The maximum atomic E-state index is 12.1. The van der Waals surface area contributed by atoms with E-state index in [0.717, 1.165) is 25.0 Å². The SMILES string of the molecule is O=C1[C@H]2CCCC2=NN1c1ccc(Cl)cc1Cl. The largest absolute Gasteiger partial charge is 0.272 e. The standard InChI is InChI=1S/C12H10Cl2N2O/c13-7-4-5-11(9(14)6-7)16-12(17)8-2-1-3-10(8)15-16/h4-6,8H,1-3H2/t8-/m0/s1. The number of fused-ring (bicyclic) bond motifs is 1. The summed E-state index contributed by atoms with van der Waals surface area (Å²) < 4.78 is 0. The van der Waals surface area contributed by atoms with Crippen LogP contribution < -0.4 is 5.01 Å². The van der Waals surface area contributed by atoms with Crippen LogP contribution in [0.3, 0.4) is 0 Å². The molecule has 5 heteroatoms. The molecular weight excluding hydrogens is 259 g/mol. The Hall–Kier alpha value is -1.06. The van der Waals surface area contributed by atoms with Gasteiger partial charge in [-0.15, -0.1) is 0 Å². The Labute approximate surface area is 109 Å². The molecule has 3 rings (SSSR count). The summed E-state index contributed by atoms with van der Waals surface area (Å²) in [5.41, 5.74) is 1.60. The van der Waals surface area contributed by atoms with Crippen LogP contribution >= 0.6 is 23.2 Å². The number of hydrogen-bond acceptors (Lipinski definition) is 2. The van der Waals surface area contributed by atoms with Crippen LogP contribution in [-0.4, -0.2) is 11.6 Å². The van der Waals surface area contributed by atoms with Gasteiger partial charge in [0.15, 0.2) is 0 Å². The molecule has 0 N–H and O–H groups in total. The second kappa shape index (κ2) is 4.00. The molecular formula is C12H10Cl2N2O. The quantitative estimate of drug-likeness (QED) is 0.768. The van der Waals surface area contributed by atoms with Gasteiger partial charge in [0.25, 0.3) is 5.91 Å². The van der Waals surface area contributed by atoms with Crippen LogP contribution in [0.1, 0.15) is 19.3 Å². The van der Waals surface area contributed by atoms with Crippen LogP contribution in [-0.2, 0) is 4.79 Å². The van der Waals surface area contributed by atoms with Gasteiger partial charge in [-0.05, 0) is 37.5 Å². The third kappa shape index (κ3) is 1.74. The Kier molecular flexibility index (Phi) is 2.60. The molecule has 1 heterocycles. The summed E-state index contributed by atoms with van der Waals surface area (Å²) in [4.78, 5) is 12.1. The van der Waals surface area contributed by atoms with Crippen molar-refractivity contribution in [3.63, 3.8) is 0 Å². The normalized spacial score (nSPS) is 22.9. The number of rotatable bonds is 1. The Bertz CT molecular complexity index is 527.